The molecule has 0 spiro atoms. The quantitative estimate of drug-likeness (QED) is 0.625. The molecule has 0 saturated heterocycles. The highest BCUT2D eigenvalue weighted by Crippen LogP contribution is 2.50. The minimum Gasteiger partial charge on any atom is -0.454 e. The van der Waals surface area contributed by atoms with Crippen LogP contribution in [0.3, 0.4) is 0 Å². The van der Waals surface area contributed by atoms with Gasteiger partial charge in [-0.15, -0.1) is 0 Å². The second kappa shape index (κ2) is 5.10. The van der Waals surface area contributed by atoms with Crippen molar-refractivity contribution in [3.05, 3.63) is 59.1 Å². The van der Waals surface area contributed by atoms with Crippen molar-refractivity contribution in [3.8, 4) is 11.5 Å². The minimum absolute atomic E-state index is 0.00259. The average molecular weight is 311 g/mol. The first-order valence-corrected chi connectivity index (χ1v) is 7.70. The number of carbonyl (C=O) groups excluding carboxylic acids is 1. The number of rotatable bonds is 2. The Labute approximate surface area is 132 Å². The van der Waals surface area contributed by atoms with Crippen molar-refractivity contribution in [1.29, 1.82) is 0 Å². The van der Waals surface area contributed by atoms with E-state index in [0.717, 1.165) is 27.1 Å². The molecule has 0 saturated carbocycles. The molecule has 0 amide bonds. The van der Waals surface area contributed by atoms with E-state index in [4.69, 9.17) is 9.47 Å². The molecule has 0 atom stereocenters. The fourth-order valence-electron chi connectivity index (χ4n) is 2.48. The maximum atomic E-state index is 12.3. The van der Waals surface area contributed by atoms with Crippen molar-refractivity contribution in [3.63, 3.8) is 0 Å². The van der Waals surface area contributed by atoms with Crippen molar-refractivity contribution < 1.29 is 14.3 Å². The van der Waals surface area contributed by atoms with E-state index in [0.29, 0.717) is 5.56 Å². The monoisotopic (exact) mass is 311 g/mol. The first-order chi connectivity index (χ1) is 10.7. The van der Waals surface area contributed by atoms with Crippen LogP contribution in [0.5, 0.6) is 11.5 Å². The molecule has 4 rings (SSSR count). The molecule has 2 aliphatic heterocycles. The van der Waals surface area contributed by atoms with Crippen molar-refractivity contribution >= 4 is 23.2 Å². The third-order valence-electron chi connectivity index (χ3n) is 3.67. The van der Waals surface area contributed by atoms with Crippen molar-refractivity contribution in [2.24, 2.45) is 0 Å². The van der Waals surface area contributed by atoms with Gasteiger partial charge in [0.15, 0.2) is 17.3 Å². The number of hydrogen-bond donors (Lipinski definition) is 0. The highest BCUT2D eigenvalue weighted by molar-refractivity contribution is 8.03. The lowest BCUT2D eigenvalue weighted by molar-refractivity contribution is 0.104. The van der Waals surface area contributed by atoms with Gasteiger partial charge in [-0.25, -0.2) is 0 Å². The second-order valence-corrected chi connectivity index (χ2v) is 6.11. The Kier molecular flexibility index (Phi) is 3.08. The summed E-state index contributed by atoms with van der Waals surface area (Å²) in [6, 6.07) is 13.2. The Morgan fingerprint density at radius 2 is 1.91 bits per heavy atom. The number of thioether (sulfide) groups is 1. The average Bonchev–Trinajstić information content (AvgIpc) is 3.11. The number of hydrogen-bond acceptors (Lipinski definition) is 5. The van der Waals surface area contributed by atoms with Crippen LogP contribution in [0.1, 0.15) is 10.4 Å². The zero-order valence-electron chi connectivity index (χ0n) is 11.9. The van der Waals surface area contributed by atoms with Gasteiger partial charge in [0, 0.05) is 35.7 Å². The molecular weight excluding hydrogens is 298 g/mol. The third kappa shape index (κ3) is 2.14. The highest BCUT2D eigenvalue weighted by atomic mass is 32.2. The Morgan fingerprint density at radius 1 is 1.18 bits per heavy atom. The molecule has 5 heteroatoms. The van der Waals surface area contributed by atoms with Crippen LogP contribution in [0.15, 0.2) is 58.5 Å². The number of benzene rings is 2. The molecule has 2 aliphatic rings. The number of allylic oxidation sites excluding steroid dienone is 1. The van der Waals surface area contributed by atoms with Crippen molar-refractivity contribution in [2.75, 3.05) is 18.7 Å². The van der Waals surface area contributed by atoms with Gasteiger partial charge >= 0.3 is 0 Å². The number of anilines is 1. The molecule has 0 unspecified atom stereocenters. The van der Waals surface area contributed by atoms with Crippen LogP contribution in [0.2, 0.25) is 0 Å². The van der Waals surface area contributed by atoms with E-state index in [-0.39, 0.29) is 12.6 Å². The standard InChI is InChI=1S/C17H13NO3S/c1-18-12-7-14-15(21-10-20-14)9-16(12)22-17(18)8-13(19)11-5-3-2-4-6-11/h2-9H,10H2,1H3. The Morgan fingerprint density at radius 3 is 2.68 bits per heavy atom. The Bertz CT molecular complexity index is 786. The van der Waals surface area contributed by atoms with Crippen LogP contribution in [0.25, 0.3) is 0 Å². The van der Waals surface area contributed by atoms with Gasteiger partial charge in [-0.1, -0.05) is 42.1 Å². The normalized spacial score (nSPS) is 17.0. The maximum Gasteiger partial charge on any atom is 0.231 e. The van der Waals surface area contributed by atoms with E-state index >= 15 is 0 Å². The van der Waals surface area contributed by atoms with Gasteiger partial charge in [0.25, 0.3) is 0 Å². The van der Waals surface area contributed by atoms with Crippen LogP contribution in [0, 0.1) is 0 Å². The van der Waals surface area contributed by atoms with Gasteiger partial charge in [0.2, 0.25) is 6.79 Å². The summed E-state index contributed by atoms with van der Waals surface area (Å²) in [6.07, 6.45) is 1.67. The molecule has 110 valence electrons. The number of ether oxygens (including phenoxy) is 2. The lowest BCUT2D eigenvalue weighted by Crippen LogP contribution is -2.11. The highest BCUT2D eigenvalue weighted by Gasteiger charge is 2.27. The summed E-state index contributed by atoms with van der Waals surface area (Å²) in [7, 11) is 1.95. The lowest BCUT2D eigenvalue weighted by Gasteiger charge is -2.13. The molecule has 22 heavy (non-hydrogen) atoms. The summed E-state index contributed by atoms with van der Waals surface area (Å²) in [4.78, 5) is 15.4. The predicted molar refractivity (Wildman–Crippen MR) is 85.7 cm³/mol. The Balaban J connectivity index is 1.66. The molecule has 4 nitrogen and oxygen atoms in total. The molecule has 0 bridgehead atoms. The van der Waals surface area contributed by atoms with E-state index in [1.54, 1.807) is 17.8 Å². The zero-order chi connectivity index (χ0) is 15.1. The van der Waals surface area contributed by atoms with E-state index in [1.165, 1.54) is 0 Å². The van der Waals surface area contributed by atoms with Crippen LogP contribution >= 0.6 is 11.8 Å². The summed E-state index contributed by atoms with van der Waals surface area (Å²) in [5, 5.41) is 0.896. The molecule has 0 N–H and O–H groups in total. The fraction of sp³-hybridized carbons (Fsp3) is 0.118. The first kappa shape index (κ1) is 13.3. The van der Waals surface area contributed by atoms with Gasteiger partial charge in [0.05, 0.1) is 10.7 Å². The van der Waals surface area contributed by atoms with E-state index < -0.39 is 0 Å². The SMILES string of the molecule is CN1C(=CC(=O)c2ccccc2)Sc2cc3c(cc21)OCO3. The minimum atomic E-state index is 0.00259. The van der Waals surface area contributed by atoms with E-state index in [2.05, 4.69) is 0 Å². The van der Waals surface area contributed by atoms with Gasteiger partial charge in [-0.05, 0) is 0 Å². The molecule has 0 aliphatic carbocycles. The Hall–Kier alpha value is -2.40. The van der Waals surface area contributed by atoms with Crippen molar-refractivity contribution in [2.45, 2.75) is 4.90 Å². The largest absolute Gasteiger partial charge is 0.454 e. The van der Waals surface area contributed by atoms with Crippen LogP contribution in [-0.2, 0) is 0 Å². The summed E-state index contributed by atoms with van der Waals surface area (Å²) in [5.74, 6) is 1.51. The van der Waals surface area contributed by atoms with E-state index in [1.807, 2.05) is 54.4 Å². The predicted octanol–water partition coefficient (Wildman–Crippen LogP) is 3.68. The number of ketones is 1. The smallest absolute Gasteiger partial charge is 0.231 e. The van der Waals surface area contributed by atoms with Gasteiger partial charge in [0.1, 0.15) is 0 Å². The third-order valence-corrected chi connectivity index (χ3v) is 4.82. The lowest BCUT2D eigenvalue weighted by atomic mass is 10.1. The van der Waals surface area contributed by atoms with Gasteiger partial charge in [-0.2, -0.15) is 0 Å². The summed E-state index contributed by atoms with van der Waals surface area (Å²) < 4.78 is 10.8. The van der Waals surface area contributed by atoms with Gasteiger partial charge < -0.3 is 14.4 Å². The van der Waals surface area contributed by atoms with Gasteiger partial charge in [-0.3, -0.25) is 4.79 Å². The number of fused-ring (bicyclic) bond motifs is 2. The topological polar surface area (TPSA) is 38.8 Å². The summed E-state index contributed by atoms with van der Waals surface area (Å²) >= 11 is 1.56. The fourth-order valence-corrected chi connectivity index (χ4v) is 3.57. The molecule has 0 radical (unpaired) electrons. The zero-order valence-corrected chi connectivity index (χ0v) is 12.7. The number of carbonyl (C=O) groups is 1. The molecule has 2 heterocycles. The molecule has 2 aromatic rings. The summed E-state index contributed by atoms with van der Waals surface area (Å²) in [6.45, 7) is 0.266. The number of nitrogens with zero attached hydrogens (tertiary/aromatic N) is 1. The van der Waals surface area contributed by atoms with Crippen LogP contribution < -0.4 is 14.4 Å². The van der Waals surface area contributed by atoms with E-state index in [9.17, 15) is 4.79 Å². The molecular formula is C17H13NO3S. The van der Waals surface area contributed by atoms with Crippen molar-refractivity contribution in [1.82, 2.24) is 0 Å². The summed E-state index contributed by atoms with van der Waals surface area (Å²) in [5.41, 5.74) is 1.72. The second-order valence-electron chi connectivity index (χ2n) is 5.05. The molecule has 0 fully saturated rings. The van der Waals surface area contributed by atoms with Crippen LogP contribution in [0.4, 0.5) is 5.69 Å². The van der Waals surface area contributed by atoms with Crippen LogP contribution in [-0.4, -0.2) is 19.6 Å². The first-order valence-electron chi connectivity index (χ1n) is 6.89. The molecule has 0 aromatic heterocycles. The molecule has 2 aromatic carbocycles. The maximum absolute atomic E-state index is 12.3.